The number of benzene rings is 1. The second kappa shape index (κ2) is 7.02. The third kappa shape index (κ3) is 3.48. The standard InChI is InChI=1S/C17H22N2S/c1-2-5-15(6-3-1)17(16-7-4-12-20-16)19-13-14-8-10-18-11-9-14/h1-7,12,14,17-19H,8-11,13H2. The molecule has 2 aromatic rings. The normalized spacial score (nSPS) is 18.0. The molecular weight excluding hydrogens is 264 g/mol. The predicted molar refractivity (Wildman–Crippen MR) is 86.2 cm³/mol. The first-order valence-corrected chi connectivity index (χ1v) is 8.34. The molecule has 2 heterocycles. The first-order valence-electron chi connectivity index (χ1n) is 7.46. The highest BCUT2D eigenvalue weighted by Crippen LogP contribution is 2.26. The van der Waals surface area contributed by atoms with E-state index in [2.05, 4.69) is 58.5 Å². The maximum absolute atomic E-state index is 3.79. The van der Waals surface area contributed by atoms with Crippen molar-refractivity contribution in [1.29, 1.82) is 0 Å². The molecule has 1 aromatic heterocycles. The van der Waals surface area contributed by atoms with Gasteiger partial charge in [-0.15, -0.1) is 11.3 Å². The third-order valence-electron chi connectivity index (χ3n) is 4.03. The van der Waals surface area contributed by atoms with E-state index in [9.17, 15) is 0 Å². The molecule has 1 fully saturated rings. The monoisotopic (exact) mass is 286 g/mol. The smallest absolute Gasteiger partial charge is 0.0671 e. The van der Waals surface area contributed by atoms with Crippen LogP contribution in [0.4, 0.5) is 0 Å². The van der Waals surface area contributed by atoms with Crippen molar-refractivity contribution in [3.8, 4) is 0 Å². The molecule has 1 aliphatic rings. The fourth-order valence-corrected chi connectivity index (χ4v) is 3.68. The molecule has 1 atom stereocenters. The van der Waals surface area contributed by atoms with Crippen molar-refractivity contribution in [3.05, 3.63) is 58.3 Å². The van der Waals surface area contributed by atoms with Gasteiger partial charge in [0.25, 0.3) is 0 Å². The molecule has 3 heteroatoms. The number of hydrogen-bond acceptors (Lipinski definition) is 3. The lowest BCUT2D eigenvalue weighted by Gasteiger charge is -2.26. The fourth-order valence-electron chi connectivity index (χ4n) is 2.85. The Labute approximate surface area is 125 Å². The molecule has 0 radical (unpaired) electrons. The lowest BCUT2D eigenvalue weighted by molar-refractivity contribution is 0.349. The second-order valence-corrected chi connectivity index (χ2v) is 6.44. The van der Waals surface area contributed by atoms with Gasteiger partial charge in [0, 0.05) is 4.88 Å². The first kappa shape index (κ1) is 13.8. The van der Waals surface area contributed by atoms with Crippen LogP contribution in [0.15, 0.2) is 47.8 Å². The summed E-state index contributed by atoms with van der Waals surface area (Å²) in [5.41, 5.74) is 1.36. The average molecular weight is 286 g/mol. The van der Waals surface area contributed by atoms with Crippen LogP contribution in [0.2, 0.25) is 0 Å². The summed E-state index contributed by atoms with van der Waals surface area (Å²) in [6, 6.07) is 15.5. The van der Waals surface area contributed by atoms with Crippen molar-refractivity contribution in [1.82, 2.24) is 10.6 Å². The summed E-state index contributed by atoms with van der Waals surface area (Å²) in [4.78, 5) is 1.41. The van der Waals surface area contributed by atoms with Crippen LogP contribution in [0.5, 0.6) is 0 Å². The first-order chi connectivity index (χ1) is 9.93. The highest BCUT2D eigenvalue weighted by atomic mass is 32.1. The van der Waals surface area contributed by atoms with Gasteiger partial charge in [-0.25, -0.2) is 0 Å². The molecular formula is C17H22N2S. The molecule has 1 aliphatic heterocycles. The summed E-state index contributed by atoms with van der Waals surface area (Å²) >= 11 is 1.84. The summed E-state index contributed by atoms with van der Waals surface area (Å²) < 4.78 is 0. The number of thiophene rings is 1. The van der Waals surface area contributed by atoms with Gasteiger partial charge in [-0.3, -0.25) is 0 Å². The molecule has 1 aromatic carbocycles. The molecule has 0 spiro atoms. The van der Waals surface area contributed by atoms with Crippen molar-refractivity contribution in [2.75, 3.05) is 19.6 Å². The lowest BCUT2D eigenvalue weighted by atomic mass is 9.97. The van der Waals surface area contributed by atoms with Crippen LogP contribution in [0.25, 0.3) is 0 Å². The zero-order valence-electron chi connectivity index (χ0n) is 11.7. The molecule has 106 valence electrons. The molecule has 0 amide bonds. The van der Waals surface area contributed by atoms with E-state index in [1.807, 2.05) is 11.3 Å². The van der Waals surface area contributed by atoms with Gasteiger partial charge in [0.05, 0.1) is 6.04 Å². The van der Waals surface area contributed by atoms with Crippen LogP contribution in [0, 0.1) is 5.92 Å². The molecule has 2 nitrogen and oxygen atoms in total. The van der Waals surface area contributed by atoms with Crippen LogP contribution < -0.4 is 10.6 Å². The van der Waals surface area contributed by atoms with Gasteiger partial charge in [-0.2, -0.15) is 0 Å². The molecule has 3 rings (SSSR count). The van der Waals surface area contributed by atoms with Crippen molar-refractivity contribution < 1.29 is 0 Å². The van der Waals surface area contributed by atoms with Gasteiger partial charge in [-0.1, -0.05) is 36.4 Å². The summed E-state index contributed by atoms with van der Waals surface area (Å²) in [6.07, 6.45) is 2.58. The second-order valence-electron chi connectivity index (χ2n) is 5.46. The van der Waals surface area contributed by atoms with Crippen molar-refractivity contribution in [3.63, 3.8) is 0 Å². The summed E-state index contributed by atoms with van der Waals surface area (Å²) in [6.45, 7) is 3.45. The summed E-state index contributed by atoms with van der Waals surface area (Å²) in [5.74, 6) is 0.808. The topological polar surface area (TPSA) is 24.1 Å². The average Bonchev–Trinajstić information content (AvgIpc) is 3.04. The SMILES string of the molecule is c1ccc(C(NCC2CCNCC2)c2cccs2)cc1. The Hall–Kier alpha value is -1.16. The molecule has 2 N–H and O–H groups in total. The van der Waals surface area contributed by atoms with E-state index in [1.54, 1.807) is 0 Å². The molecule has 0 saturated carbocycles. The zero-order valence-corrected chi connectivity index (χ0v) is 12.5. The van der Waals surface area contributed by atoms with Crippen molar-refractivity contribution in [2.24, 2.45) is 5.92 Å². The molecule has 0 bridgehead atoms. The Balaban J connectivity index is 1.69. The summed E-state index contributed by atoms with van der Waals surface area (Å²) in [5, 5.41) is 9.39. The van der Waals surface area contributed by atoms with Gasteiger partial charge < -0.3 is 10.6 Å². The van der Waals surface area contributed by atoms with Gasteiger partial charge >= 0.3 is 0 Å². The van der Waals surface area contributed by atoms with Crippen LogP contribution >= 0.6 is 11.3 Å². The van der Waals surface area contributed by atoms with Gasteiger partial charge in [0.2, 0.25) is 0 Å². The van der Waals surface area contributed by atoms with Crippen LogP contribution in [-0.4, -0.2) is 19.6 Å². The Kier molecular flexibility index (Phi) is 4.85. The maximum Gasteiger partial charge on any atom is 0.0671 e. The third-order valence-corrected chi connectivity index (χ3v) is 4.97. The molecule has 1 saturated heterocycles. The van der Waals surface area contributed by atoms with Crippen molar-refractivity contribution in [2.45, 2.75) is 18.9 Å². The van der Waals surface area contributed by atoms with Crippen LogP contribution in [-0.2, 0) is 0 Å². The number of hydrogen-bond donors (Lipinski definition) is 2. The zero-order chi connectivity index (χ0) is 13.6. The van der Waals surface area contributed by atoms with E-state index in [0.29, 0.717) is 6.04 Å². The highest BCUT2D eigenvalue weighted by Gasteiger charge is 2.18. The van der Waals surface area contributed by atoms with E-state index >= 15 is 0 Å². The van der Waals surface area contributed by atoms with Gasteiger partial charge in [0.15, 0.2) is 0 Å². The Morgan fingerprint density at radius 3 is 2.60 bits per heavy atom. The fraction of sp³-hybridized carbons (Fsp3) is 0.412. The number of rotatable bonds is 5. The van der Waals surface area contributed by atoms with E-state index in [-0.39, 0.29) is 0 Å². The Morgan fingerprint density at radius 1 is 1.10 bits per heavy atom. The quantitative estimate of drug-likeness (QED) is 0.880. The lowest BCUT2D eigenvalue weighted by Crippen LogP contribution is -2.35. The van der Waals surface area contributed by atoms with Crippen LogP contribution in [0.1, 0.15) is 29.3 Å². The molecule has 1 unspecified atom stereocenters. The van der Waals surface area contributed by atoms with Crippen molar-refractivity contribution >= 4 is 11.3 Å². The predicted octanol–water partition coefficient (Wildman–Crippen LogP) is 3.43. The van der Waals surface area contributed by atoms with E-state index < -0.39 is 0 Å². The highest BCUT2D eigenvalue weighted by molar-refractivity contribution is 7.10. The number of nitrogens with one attached hydrogen (secondary N) is 2. The molecule has 20 heavy (non-hydrogen) atoms. The molecule has 0 aliphatic carbocycles. The minimum absolute atomic E-state index is 0.339. The minimum atomic E-state index is 0.339. The largest absolute Gasteiger partial charge is 0.317 e. The van der Waals surface area contributed by atoms with E-state index in [0.717, 1.165) is 12.5 Å². The maximum atomic E-state index is 3.79. The van der Waals surface area contributed by atoms with E-state index in [4.69, 9.17) is 0 Å². The van der Waals surface area contributed by atoms with E-state index in [1.165, 1.54) is 36.4 Å². The van der Waals surface area contributed by atoms with Gasteiger partial charge in [0.1, 0.15) is 0 Å². The Morgan fingerprint density at radius 2 is 1.90 bits per heavy atom. The minimum Gasteiger partial charge on any atom is -0.317 e. The summed E-state index contributed by atoms with van der Waals surface area (Å²) in [7, 11) is 0. The van der Waals surface area contributed by atoms with Gasteiger partial charge in [-0.05, 0) is 55.4 Å². The Bertz CT molecular complexity index is 489. The van der Waals surface area contributed by atoms with Crippen LogP contribution in [0.3, 0.4) is 0 Å². The number of piperidine rings is 1.